The summed E-state index contributed by atoms with van der Waals surface area (Å²) >= 11 is 6.65. The van der Waals surface area contributed by atoms with E-state index >= 15 is 0 Å². The van der Waals surface area contributed by atoms with Crippen molar-refractivity contribution in [3.8, 4) is 0 Å². The fourth-order valence-electron chi connectivity index (χ4n) is 5.45. The molecule has 1 unspecified atom stereocenters. The van der Waals surface area contributed by atoms with Crippen LogP contribution in [0.25, 0.3) is 22.1 Å². The molecule has 6 rings (SSSR count). The van der Waals surface area contributed by atoms with E-state index < -0.39 is 0 Å². The number of hydrogen-bond acceptors (Lipinski definition) is 7. The minimum Gasteiger partial charge on any atom is -0.339 e. The van der Waals surface area contributed by atoms with Gasteiger partial charge in [0, 0.05) is 59.1 Å². The molecule has 216 valence electrons. The first kappa shape index (κ1) is 28.8. The molecule has 1 atom stereocenters. The third kappa shape index (κ3) is 6.38. The Bertz CT molecular complexity index is 1710. The highest BCUT2D eigenvalue weighted by Crippen LogP contribution is 2.28. The molecule has 1 fully saturated rings. The summed E-state index contributed by atoms with van der Waals surface area (Å²) in [6, 6.07) is 20.5. The lowest BCUT2D eigenvalue weighted by Gasteiger charge is -2.40. The van der Waals surface area contributed by atoms with Crippen molar-refractivity contribution in [2.75, 3.05) is 25.4 Å². The molecule has 42 heavy (non-hydrogen) atoms. The van der Waals surface area contributed by atoms with E-state index in [1.165, 1.54) is 17.3 Å². The van der Waals surface area contributed by atoms with Gasteiger partial charge >= 0.3 is 0 Å². The molecule has 3 aromatic heterocycles. The number of benzene rings is 2. The highest BCUT2D eigenvalue weighted by atomic mass is 79.9. The molecule has 1 saturated heterocycles. The second kappa shape index (κ2) is 12.9. The number of rotatable bonds is 9. The van der Waals surface area contributed by atoms with Gasteiger partial charge in [-0.05, 0) is 48.6 Å². The summed E-state index contributed by atoms with van der Waals surface area (Å²) in [4.78, 5) is 35.5. The van der Waals surface area contributed by atoms with Gasteiger partial charge in [0.1, 0.15) is 5.52 Å². The molecule has 0 spiro atoms. The van der Waals surface area contributed by atoms with E-state index in [9.17, 15) is 9.59 Å². The van der Waals surface area contributed by atoms with Gasteiger partial charge in [0.05, 0.1) is 11.9 Å². The van der Waals surface area contributed by atoms with E-state index in [4.69, 9.17) is 4.98 Å². The second-order valence-corrected chi connectivity index (χ2v) is 13.5. The van der Waals surface area contributed by atoms with Gasteiger partial charge in [0.2, 0.25) is 17.0 Å². The Morgan fingerprint density at radius 3 is 2.64 bits per heavy atom. The van der Waals surface area contributed by atoms with E-state index in [0.29, 0.717) is 44.2 Å². The van der Waals surface area contributed by atoms with Crippen LogP contribution in [0.4, 0.5) is 0 Å². The number of fused-ring (bicyclic) bond motifs is 3. The third-order valence-electron chi connectivity index (χ3n) is 7.58. The van der Waals surface area contributed by atoms with Crippen LogP contribution in [-0.2, 0) is 22.6 Å². The predicted octanol–water partition coefficient (Wildman–Crippen LogP) is 6.03. The molecule has 4 heterocycles. The molecular formula is C31H31BrN6O2S2. The normalized spacial score (nSPS) is 15.5. The summed E-state index contributed by atoms with van der Waals surface area (Å²) < 4.78 is 3.24. The SMILES string of the molecule is CC1CN(C(=O)CCCSc2nnc3c4ccccc4n(Cc4ccc(Br)cc4)c3n2)CCN1C(=O)Cc1cccs1. The molecule has 2 amide bonds. The predicted molar refractivity (Wildman–Crippen MR) is 172 cm³/mol. The Morgan fingerprint density at radius 1 is 1.02 bits per heavy atom. The standard InChI is InChI=1S/C31H31BrN6O2S2/c1-21-19-36(14-15-37(21)28(40)18-24-6-4-16-41-24)27(39)9-5-17-42-31-33-30-29(34-35-31)25-7-2-3-8-26(25)38(30)20-22-10-12-23(32)13-11-22/h2-4,6-8,10-13,16,21H,5,9,14-15,17-20H2,1H3. The van der Waals surface area contributed by atoms with E-state index in [1.54, 1.807) is 11.3 Å². The van der Waals surface area contributed by atoms with E-state index in [1.807, 2.05) is 58.5 Å². The smallest absolute Gasteiger partial charge is 0.228 e. The van der Waals surface area contributed by atoms with Crippen molar-refractivity contribution in [1.29, 1.82) is 0 Å². The van der Waals surface area contributed by atoms with E-state index in [-0.39, 0.29) is 17.9 Å². The summed E-state index contributed by atoms with van der Waals surface area (Å²) in [6.45, 7) is 4.45. The van der Waals surface area contributed by atoms with E-state index in [2.05, 4.69) is 55.0 Å². The molecule has 1 aliphatic rings. The van der Waals surface area contributed by atoms with Gasteiger partial charge in [-0.15, -0.1) is 21.5 Å². The lowest BCUT2D eigenvalue weighted by atomic mass is 10.1. The van der Waals surface area contributed by atoms with Crippen LogP contribution in [0.5, 0.6) is 0 Å². The first-order valence-corrected chi connectivity index (χ1v) is 16.7. The lowest BCUT2D eigenvalue weighted by molar-refractivity contribution is -0.142. The zero-order valence-corrected chi connectivity index (χ0v) is 26.5. The fraction of sp³-hybridized carbons (Fsp3) is 0.323. The number of carbonyl (C=O) groups excluding carboxylic acids is 2. The van der Waals surface area contributed by atoms with Gasteiger partial charge in [0.15, 0.2) is 5.65 Å². The van der Waals surface area contributed by atoms with Crippen LogP contribution in [-0.4, -0.2) is 72.8 Å². The molecule has 0 aliphatic carbocycles. The summed E-state index contributed by atoms with van der Waals surface area (Å²) in [5.41, 5.74) is 3.86. The molecule has 0 saturated carbocycles. The zero-order valence-electron chi connectivity index (χ0n) is 23.3. The summed E-state index contributed by atoms with van der Waals surface area (Å²) in [7, 11) is 0. The lowest BCUT2D eigenvalue weighted by Crippen LogP contribution is -2.55. The number of piperazine rings is 1. The number of para-hydroxylation sites is 1. The molecule has 2 aromatic carbocycles. The zero-order chi connectivity index (χ0) is 29.1. The average Bonchev–Trinajstić information content (AvgIpc) is 3.62. The van der Waals surface area contributed by atoms with Gasteiger partial charge in [0.25, 0.3) is 0 Å². The Kier molecular flexibility index (Phi) is 8.87. The van der Waals surface area contributed by atoms with Crippen LogP contribution in [0.3, 0.4) is 0 Å². The maximum absolute atomic E-state index is 13.0. The summed E-state index contributed by atoms with van der Waals surface area (Å²) in [6.07, 6.45) is 1.61. The van der Waals surface area contributed by atoms with Crippen LogP contribution in [0.15, 0.2) is 75.7 Å². The summed E-state index contributed by atoms with van der Waals surface area (Å²) in [5.74, 6) is 0.993. The van der Waals surface area contributed by atoms with Crippen molar-refractivity contribution in [3.63, 3.8) is 0 Å². The van der Waals surface area contributed by atoms with Crippen LogP contribution in [0, 0.1) is 0 Å². The van der Waals surface area contributed by atoms with Crippen molar-refractivity contribution in [1.82, 2.24) is 29.5 Å². The summed E-state index contributed by atoms with van der Waals surface area (Å²) in [5, 5.41) is 12.6. The maximum Gasteiger partial charge on any atom is 0.228 e. The number of amides is 2. The average molecular weight is 664 g/mol. The van der Waals surface area contributed by atoms with Crippen molar-refractivity contribution in [3.05, 3.63) is 81.0 Å². The quantitative estimate of drug-likeness (QED) is 0.142. The van der Waals surface area contributed by atoms with Crippen molar-refractivity contribution in [2.45, 2.75) is 43.9 Å². The molecule has 5 aromatic rings. The van der Waals surface area contributed by atoms with Crippen molar-refractivity contribution < 1.29 is 9.59 Å². The van der Waals surface area contributed by atoms with Crippen LogP contribution in [0.2, 0.25) is 0 Å². The third-order valence-corrected chi connectivity index (χ3v) is 9.91. The first-order valence-electron chi connectivity index (χ1n) is 14.0. The Balaban J connectivity index is 1.05. The molecule has 11 heteroatoms. The molecule has 0 radical (unpaired) electrons. The minimum absolute atomic E-state index is 0.0138. The topological polar surface area (TPSA) is 84.2 Å². The first-order chi connectivity index (χ1) is 20.5. The Labute approximate surface area is 261 Å². The number of nitrogens with zero attached hydrogens (tertiary/aromatic N) is 6. The van der Waals surface area contributed by atoms with Gasteiger partial charge in [-0.1, -0.05) is 64.1 Å². The maximum atomic E-state index is 13.0. The largest absolute Gasteiger partial charge is 0.339 e. The number of aromatic nitrogens is 4. The Hall–Kier alpha value is -3.28. The highest BCUT2D eigenvalue weighted by molar-refractivity contribution is 9.10. The number of thioether (sulfide) groups is 1. The van der Waals surface area contributed by atoms with E-state index in [0.717, 1.165) is 43.6 Å². The van der Waals surface area contributed by atoms with Crippen LogP contribution in [0.1, 0.15) is 30.2 Å². The van der Waals surface area contributed by atoms with Crippen LogP contribution < -0.4 is 0 Å². The fourth-order valence-corrected chi connectivity index (χ4v) is 7.13. The Morgan fingerprint density at radius 2 is 1.86 bits per heavy atom. The molecular weight excluding hydrogens is 632 g/mol. The number of halogens is 1. The number of carbonyl (C=O) groups is 2. The van der Waals surface area contributed by atoms with Gasteiger partial charge in [-0.25, -0.2) is 4.98 Å². The molecule has 1 aliphatic heterocycles. The van der Waals surface area contributed by atoms with Crippen molar-refractivity contribution in [2.24, 2.45) is 0 Å². The second-order valence-electron chi connectivity index (χ2n) is 10.5. The van der Waals surface area contributed by atoms with Crippen molar-refractivity contribution >= 4 is 72.9 Å². The number of hydrogen-bond donors (Lipinski definition) is 0. The highest BCUT2D eigenvalue weighted by Gasteiger charge is 2.29. The van der Waals surface area contributed by atoms with Gasteiger partial charge in [-0.3, -0.25) is 9.59 Å². The minimum atomic E-state index is 0.0138. The van der Waals surface area contributed by atoms with Gasteiger partial charge < -0.3 is 14.4 Å². The molecule has 0 bridgehead atoms. The van der Waals surface area contributed by atoms with Gasteiger partial charge in [-0.2, -0.15) is 0 Å². The molecule has 0 N–H and O–H groups in total. The monoisotopic (exact) mass is 662 g/mol. The molecule has 8 nitrogen and oxygen atoms in total. The number of thiophene rings is 1. The van der Waals surface area contributed by atoms with Crippen LogP contribution >= 0.6 is 39.0 Å².